The van der Waals surface area contributed by atoms with Gasteiger partial charge in [-0.1, -0.05) is 42.5 Å². The molecule has 78 valence electrons. The van der Waals surface area contributed by atoms with Crippen LogP contribution in [0.2, 0.25) is 0 Å². The summed E-state index contributed by atoms with van der Waals surface area (Å²) in [5, 5.41) is 10.3. The summed E-state index contributed by atoms with van der Waals surface area (Å²) in [5.74, 6) is 0.616. The molecule has 1 nitrogen and oxygen atoms in total. The van der Waals surface area contributed by atoms with Gasteiger partial charge in [0.15, 0.2) is 0 Å². The number of benzene rings is 1. The van der Waals surface area contributed by atoms with Crippen molar-refractivity contribution in [3.05, 3.63) is 48.0 Å². The van der Waals surface area contributed by atoms with Crippen LogP contribution in [0.15, 0.2) is 42.5 Å². The van der Waals surface area contributed by atoms with E-state index in [0.717, 1.165) is 12.8 Å². The van der Waals surface area contributed by atoms with E-state index in [9.17, 15) is 5.11 Å². The SMILES string of the molecule is OC1CC2C=CC1(c1ccccc1)CC2. The molecule has 0 amide bonds. The second-order valence-corrected chi connectivity index (χ2v) is 4.82. The number of aliphatic hydroxyl groups excluding tert-OH is 1. The van der Waals surface area contributed by atoms with Crippen LogP contribution in [0.25, 0.3) is 0 Å². The molecular weight excluding hydrogens is 184 g/mol. The lowest BCUT2D eigenvalue weighted by atomic mass is 9.60. The molecule has 3 aliphatic rings. The summed E-state index contributed by atoms with van der Waals surface area (Å²) >= 11 is 0. The molecule has 2 bridgehead atoms. The second kappa shape index (κ2) is 3.21. The van der Waals surface area contributed by atoms with Crippen LogP contribution in [0.1, 0.15) is 24.8 Å². The van der Waals surface area contributed by atoms with E-state index in [1.54, 1.807) is 0 Å². The van der Waals surface area contributed by atoms with Gasteiger partial charge in [-0.15, -0.1) is 0 Å². The molecule has 4 rings (SSSR count). The Bertz CT molecular complexity index is 382. The Labute approximate surface area is 90.4 Å². The molecule has 0 radical (unpaired) electrons. The van der Waals surface area contributed by atoms with Gasteiger partial charge in [-0.2, -0.15) is 0 Å². The van der Waals surface area contributed by atoms with E-state index in [2.05, 4.69) is 36.4 Å². The molecule has 1 fully saturated rings. The van der Waals surface area contributed by atoms with Gasteiger partial charge in [0.1, 0.15) is 0 Å². The third-order valence-electron chi connectivity index (χ3n) is 4.03. The number of aliphatic hydroxyl groups is 1. The monoisotopic (exact) mass is 200 g/mol. The van der Waals surface area contributed by atoms with E-state index in [4.69, 9.17) is 0 Å². The summed E-state index contributed by atoms with van der Waals surface area (Å²) in [4.78, 5) is 0. The minimum Gasteiger partial charge on any atom is -0.392 e. The standard InChI is InChI=1S/C14H16O/c15-13-10-11-6-8-14(13,9-7-11)12-4-2-1-3-5-12/h1-6,8,11,13,15H,7,9-10H2. The lowest BCUT2D eigenvalue weighted by molar-refractivity contribution is 0.0423. The van der Waals surface area contributed by atoms with Gasteiger partial charge in [0.05, 0.1) is 6.10 Å². The molecule has 0 aromatic heterocycles. The average Bonchev–Trinajstić information content (AvgIpc) is 2.32. The number of hydrogen-bond acceptors (Lipinski definition) is 1. The Morgan fingerprint density at radius 2 is 2.00 bits per heavy atom. The van der Waals surface area contributed by atoms with E-state index in [0.29, 0.717) is 5.92 Å². The summed E-state index contributed by atoms with van der Waals surface area (Å²) in [5.41, 5.74) is 1.18. The third kappa shape index (κ3) is 1.26. The summed E-state index contributed by atoms with van der Waals surface area (Å²) in [6.45, 7) is 0. The van der Waals surface area contributed by atoms with Crippen LogP contribution in [0.5, 0.6) is 0 Å². The molecule has 1 aromatic rings. The van der Waals surface area contributed by atoms with Gasteiger partial charge in [0, 0.05) is 5.41 Å². The van der Waals surface area contributed by atoms with Crippen LogP contribution in [-0.2, 0) is 5.41 Å². The number of fused-ring (bicyclic) bond motifs is 2. The first-order valence-electron chi connectivity index (χ1n) is 5.74. The van der Waals surface area contributed by atoms with Crippen molar-refractivity contribution in [1.29, 1.82) is 0 Å². The van der Waals surface area contributed by atoms with Crippen molar-refractivity contribution in [2.45, 2.75) is 30.8 Å². The summed E-state index contributed by atoms with van der Waals surface area (Å²) < 4.78 is 0. The van der Waals surface area contributed by atoms with Crippen molar-refractivity contribution in [2.75, 3.05) is 0 Å². The molecular formula is C14H16O. The minimum atomic E-state index is -0.191. The Morgan fingerprint density at radius 3 is 2.60 bits per heavy atom. The summed E-state index contributed by atoms with van der Waals surface area (Å²) in [6.07, 6.45) is 7.60. The molecule has 1 saturated carbocycles. The van der Waals surface area contributed by atoms with Crippen molar-refractivity contribution >= 4 is 0 Å². The van der Waals surface area contributed by atoms with Crippen molar-refractivity contribution in [2.24, 2.45) is 5.92 Å². The molecule has 1 heteroatoms. The van der Waals surface area contributed by atoms with Gasteiger partial charge in [0.2, 0.25) is 0 Å². The maximum Gasteiger partial charge on any atom is 0.0677 e. The van der Waals surface area contributed by atoms with Crippen molar-refractivity contribution < 1.29 is 5.11 Å². The highest BCUT2D eigenvalue weighted by Gasteiger charge is 2.44. The van der Waals surface area contributed by atoms with Gasteiger partial charge < -0.3 is 5.11 Å². The Balaban J connectivity index is 2.09. The van der Waals surface area contributed by atoms with Crippen molar-refractivity contribution in [3.63, 3.8) is 0 Å². The number of allylic oxidation sites excluding steroid dienone is 1. The van der Waals surface area contributed by atoms with E-state index >= 15 is 0 Å². The van der Waals surface area contributed by atoms with Gasteiger partial charge in [-0.3, -0.25) is 0 Å². The fourth-order valence-corrected chi connectivity index (χ4v) is 3.06. The number of hydrogen-bond donors (Lipinski definition) is 1. The molecule has 3 aliphatic carbocycles. The van der Waals surface area contributed by atoms with E-state index in [-0.39, 0.29) is 11.5 Å². The maximum atomic E-state index is 10.3. The lowest BCUT2D eigenvalue weighted by Gasteiger charge is -2.46. The predicted molar refractivity (Wildman–Crippen MR) is 60.6 cm³/mol. The van der Waals surface area contributed by atoms with Crippen LogP contribution in [0.3, 0.4) is 0 Å². The molecule has 0 spiro atoms. The molecule has 0 aliphatic heterocycles. The highest BCUT2D eigenvalue weighted by Crippen LogP contribution is 2.47. The quantitative estimate of drug-likeness (QED) is 0.691. The minimum absolute atomic E-state index is 0.0873. The number of rotatable bonds is 1. The Kier molecular flexibility index (Phi) is 1.96. The first kappa shape index (κ1) is 9.17. The molecule has 3 atom stereocenters. The van der Waals surface area contributed by atoms with Crippen LogP contribution in [0.4, 0.5) is 0 Å². The first-order chi connectivity index (χ1) is 7.31. The lowest BCUT2D eigenvalue weighted by Crippen LogP contribution is -2.45. The highest BCUT2D eigenvalue weighted by molar-refractivity contribution is 5.36. The van der Waals surface area contributed by atoms with E-state index < -0.39 is 0 Å². The van der Waals surface area contributed by atoms with E-state index in [1.165, 1.54) is 12.0 Å². The zero-order valence-electron chi connectivity index (χ0n) is 8.76. The fourth-order valence-electron chi connectivity index (χ4n) is 3.06. The summed E-state index contributed by atoms with van der Waals surface area (Å²) in [6, 6.07) is 10.4. The Morgan fingerprint density at radius 1 is 1.20 bits per heavy atom. The van der Waals surface area contributed by atoms with Crippen LogP contribution in [0, 0.1) is 5.92 Å². The fraction of sp³-hybridized carbons (Fsp3) is 0.429. The predicted octanol–water partition coefficient (Wildman–Crippen LogP) is 2.66. The van der Waals surface area contributed by atoms with Crippen LogP contribution >= 0.6 is 0 Å². The average molecular weight is 200 g/mol. The zero-order chi connectivity index (χ0) is 10.3. The molecule has 1 N–H and O–H groups in total. The largest absolute Gasteiger partial charge is 0.392 e. The van der Waals surface area contributed by atoms with Crippen LogP contribution in [-0.4, -0.2) is 11.2 Å². The van der Waals surface area contributed by atoms with Gasteiger partial charge in [-0.25, -0.2) is 0 Å². The first-order valence-corrected chi connectivity index (χ1v) is 5.74. The molecule has 15 heavy (non-hydrogen) atoms. The maximum absolute atomic E-state index is 10.3. The Hall–Kier alpha value is -1.08. The normalized spacial score (nSPS) is 38.2. The molecule has 1 aromatic carbocycles. The van der Waals surface area contributed by atoms with Gasteiger partial charge in [0.25, 0.3) is 0 Å². The second-order valence-electron chi connectivity index (χ2n) is 4.82. The molecule has 0 saturated heterocycles. The summed E-state index contributed by atoms with van der Waals surface area (Å²) in [7, 11) is 0. The van der Waals surface area contributed by atoms with Gasteiger partial charge >= 0.3 is 0 Å². The van der Waals surface area contributed by atoms with Gasteiger partial charge in [-0.05, 0) is 30.7 Å². The zero-order valence-corrected chi connectivity index (χ0v) is 8.76. The third-order valence-corrected chi connectivity index (χ3v) is 4.03. The van der Waals surface area contributed by atoms with Crippen molar-refractivity contribution in [1.82, 2.24) is 0 Å². The smallest absolute Gasteiger partial charge is 0.0677 e. The highest BCUT2D eigenvalue weighted by atomic mass is 16.3. The topological polar surface area (TPSA) is 20.2 Å². The molecule has 3 unspecified atom stereocenters. The van der Waals surface area contributed by atoms with Crippen LogP contribution < -0.4 is 0 Å². The molecule has 0 heterocycles. The van der Waals surface area contributed by atoms with Crippen molar-refractivity contribution in [3.8, 4) is 0 Å². The van der Waals surface area contributed by atoms with E-state index in [1.807, 2.05) is 6.07 Å².